The summed E-state index contributed by atoms with van der Waals surface area (Å²) in [4.78, 5) is 25.7. The van der Waals surface area contributed by atoms with Crippen molar-refractivity contribution in [2.45, 2.75) is 31.3 Å². The molecular weight excluding hydrogens is 268 g/mol. The largest absolute Gasteiger partial charge is 0.479 e. The number of hydrogen-bond donors (Lipinski definition) is 2. The molecule has 0 spiro atoms. The number of amides is 2. The first kappa shape index (κ1) is 15.1. The smallest absolute Gasteiger partial charge is 0.333 e. The van der Waals surface area contributed by atoms with Crippen LogP contribution in [0.25, 0.3) is 0 Å². The van der Waals surface area contributed by atoms with Gasteiger partial charge in [-0.2, -0.15) is 0 Å². The zero-order valence-electron chi connectivity index (χ0n) is 12.1. The number of aliphatic carboxylic acids is 1. The fourth-order valence-corrected chi connectivity index (χ4v) is 2.23. The van der Waals surface area contributed by atoms with Crippen LogP contribution in [0.5, 0.6) is 0 Å². The Balaban J connectivity index is 2.21. The van der Waals surface area contributed by atoms with Crippen molar-refractivity contribution in [2.75, 3.05) is 6.54 Å². The lowest BCUT2D eigenvalue weighted by Crippen LogP contribution is -2.54. The monoisotopic (exact) mass is 288 g/mol. The molecule has 0 saturated heterocycles. The number of hydrogen-bond acceptors (Lipinski definition) is 2. The first-order valence-electron chi connectivity index (χ1n) is 6.97. The van der Waals surface area contributed by atoms with E-state index in [1.165, 1.54) is 6.92 Å². The zero-order valence-corrected chi connectivity index (χ0v) is 12.1. The molecule has 0 aliphatic heterocycles. The van der Waals surface area contributed by atoms with Crippen molar-refractivity contribution in [1.29, 1.82) is 0 Å². The molecule has 1 saturated carbocycles. The summed E-state index contributed by atoms with van der Waals surface area (Å²) in [7, 11) is 0. The molecule has 2 amide bonds. The van der Waals surface area contributed by atoms with E-state index < -0.39 is 11.5 Å². The van der Waals surface area contributed by atoms with Crippen LogP contribution in [0.2, 0.25) is 0 Å². The van der Waals surface area contributed by atoms with E-state index in [2.05, 4.69) is 11.9 Å². The fraction of sp³-hybridized carbons (Fsp3) is 0.375. The second kappa shape index (κ2) is 5.99. The Morgan fingerprint density at radius 3 is 2.52 bits per heavy atom. The minimum atomic E-state index is -1.45. The van der Waals surface area contributed by atoms with Crippen LogP contribution in [0.3, 0.4) is 0 Å². The third kappa shape index (κ3) is 3.24. The topological polar surface area (TPSA) is 69.6 Å². The predicted octanol–water partition coefficient (Wildman–Crippen LogP) is 2.35. The molecule has 21 heavy (non-hydrogen) atoms. The predicted molar refractivity (Wildman–Crippen MR) is 79.9 cm³/mol. The second-order valence-corrected chi connectivity index (χ2v) is 5.40. The standard InChI is InChI=1S/C16H20N2O3/c1-3-11-18(13-9-10-13)15(21)17-16(2,14(19)20)12-7-5-4-6-8-12/h3-8,13H,1,9-11H2,2H3,(H,17,21)(H,19,20). The van der Waals surface area contributed by atoms with Gasteiger partial charge in [0.05, 0.1) is 0 Å². The molecule has 1 unspecified atom stereocenters. The number of nitrogens with zero attached hydrogens (tertiary/aromatic N) is 1. The van der Waals surface area contributed by atoms with Gasteiger partial charge in [-0.05, 0) is 25.3 Å². The summed E-state index contributed by atoms with van der Waals surface area (Å²) < 4.78 is 0. The Kier molecular flexibility index (Phi) is 4.31. The molecule has 1 aliphatic rings. The van der Waals surface area contributed by atoms with Gasteiger partial charge in [-0.3, -0.25) is 0 Å². The maximum Gasteiger partial charge on any atom is 0.333 e. The molecule has 1 fully saturated rings. The van der Waals surface area contributed by atoms with Gasteiger partial charge in [0.15, 0.2) is 5.54 Å². The van der Waals surface area contributed by atoms with E-state index in [0.29, 0.717) is 12.1 Å². The van der Waals surface area contributed by atoms with Gasteiger partial charge in [0, 0.05) is 12.6 Å². The van der Waals surface area contributed by atoms with Gasteiger partial charge in [-0.1, -0.05) is 36.4 Å². The number of benzene rings is 1. The minimum absolute atomic E-state index is 0.191. The lowest BCUT2D eigenvalue weighted by Gasteiger charge is -2.30. The van der Waals surface area contributed by atoms with Crippen molar-refractivity contribution in [1.82, 2.24) is 10.2 Å². The molecule has 0 heterocycles. The van der Waals surface area contributed by atoms with Crippen molar-refractivity contribution < 1.29 is 14.7 Å². The first-order chi connectivity index (χ1) is 9.99. The van der Waals surface area contributed by atoms with E-state index >= 15 is 0 Å². The maximum atomic E-state index is 12.4. The number of carboxylic acids is 1. The summed E-state index contributed by atoms with van der Waals surface area (Å²) in [6.07, 6.45) is 3.56. The summed E-state index contributed by atoms with van der Waals surface area (Å²) in [5.41, 5.74) is -0.910. The highest BCUT2D eigenvalue weighted by Crippen LogP contribution is 2.28. The van der Waals surface area contributed by atoms with E-state index in [1.54, 1.807) is 35.2 Å². The van der Waals surface area contributed by atoms with Crippen molar-refractivity contribution in [3.63, 3.8) is 0 Å². The summed E-state index contributed by atoms with van der Waals surface area (Å²) in [5, 5.41) is 12.2. The van der Waals surface area contributed by atoms with Crippen LogP contribution in [-0.2, 0) is 10.3 Å². The number of nitrogens with one attached hydrogen (secondary N) is 1. The van der Waals surface area contributed by atoms with E-state index in [-0.39, 0.29) is 12.1 Å². The van der Waals surface area contributed by atoms with Crippen molar-refractivity contribution in [3.8, 4) is 0 Å². The van der Waals surface area contributed by atoms with Crippen molar-refractivity contribution in [3.05, 3.63) is 48.6 Å². The van der Waals surface area contributed by atoms with Crippen molar-refractivity contribution >= 4 is 12.0 Å². The normalized spacial score (nSPS) is 16.6. The Bertz CT molecular complexity index is 540. The Morgan fingerprint density at radius 2 is 2.05 bits per heavy atom. The number of urea groups is 1. The minimum Gasteiger partial charge on any atom is -0.479 e. The first-order valence-corrected chi connectivity index (χ1v) is 6.97. The number of carbonyl (C=O) groups is 2. The number of carbonyl (C=O) groups excluding carboxylic acids is 1. The number of carboxylic acid groups (broad SMARTS) is 1. The average molecular weight is 288 g/mol. The van der Waals surface area contributed by atoms with Crippen LogP contribution in [0, 0.1) is 0 Å². The highest BCUT2D eigenvalue weighted by atomic mass is 16.4. The molecule has 2 rings (SSSR count). The second-order valence-electron chi connectivity index (χ2n) is 5.40. The lowest BCUT2D eigenvalue weighted by atomic mass is 9.92. The highest BCUT2D eigenvalue weighted by molar-refractivity contribution is 5.87. The Hall–Kier alpha value is -2.30. The van der Waals surface area contributed by atoms with E-state index in [0.717, 1.165) is 12.8 Å². The SMILES string of the molecule is C=CCN(C(=O)NC(C)(C(=O)O)c1ccccc1)C1CC1. The molecule has 2 N–H and O–H groups in total. The molecule has 1 aromatic carbocycles. The quantitative estimate of drug-likeness (QED) is 0.789. The van der Waals surface area contributed by atoms with Gasteiger partial charge in [0.1, 0.15) is 0 Å². The van der Waals surface area contributed by atoms with Gasteiger partial charge < -0.3 is 15.3 Å². The van der Waals surface area contributed by atoms with Gasteiger partial charge in [-0.15, -0.1) is 6.58 Å². The lowest BCUT2D eigenvalue weighted by molar-refractivity contribution is -0.144. The van der Waals surface area contributed by atoms with Gasteiger partial charge in [0.25, 0.3) is 0 Å². The van der Waals surface area contributed by atoms with E-state index in [9.17, 15) is 14.7 Å². The zero-order chi connectivity index (χ0) is 15.5. The van der Waals surface area contributed by atoms with Crippen LogP contribution in [-0.4, -0.2) is 34.6 Å². The summed E-state index contributed by atoms with van der Waals surface area (Å²) in [6, 6.07) is 8.54. The fourth-order valence-electron chi connectivity index (χ4n) is 2.23. The van der Waals surface area contributed by atoms with Crippen LogP contribution < -0.4 is 5.32 Å². The highest BCUT2D eigenvalue weighted by Gasteiger charge is 2.40. The Morgan fingerprint density at radius 1 is 1.43 bits per heavy atom. The van der Waals surface area contributed by atoms with Gasteiger partial charge in [-0.25, -0.2) is 9.59 Å². The number of rotatable bonds is 6. The van der Waals surface area contributed by atoms with E-state index in [4.69, 9.17) is 0 Å². The third-order valence-corrected chi connectivity index (χ3v) is 3.71. The van der Waals surface area contributed by atoms with Crippen LogP contribution >= 0.6 is 0 Å². The van der Waals surface area contributed by atoms with Gasteiger partial charge >= 0.3 is 12.0 Å². The average Bonchev–Trinajstić information content (AvgIpc) is 3.29. The molecule has 1 aliphatic carbocycles. The summed E-state index contributed by atoms with van der Waals surface area (Å²) in [5.74, 6) is -1.09. The van der Waals surface area contributed by atoms with Gasteiger partial charge in [0.2, 0.25) is 0 Å². The summed E-state index contributed by atoms with van der Waals surface area (Å²) in [6.45, 7) is 5.56. The molecule has 112 valence electrons. The molecular formula is C16H20N2O3. The van der Waals surface area contributed by atoms with Crippen molar-refractivity contribution in [2.24, 2.45) is 0 Å². The third-order valence-electron chi connectivity index (χ3n) is 3.71. The van der Waals surface area contributed by atoms with Crippen LogP contribution in [0.4, 0.5) is 4.79 Å². The molecule has 5 nitrogen and oxygen atoms in total. The van der Waals surface area contributed by atoms with E-state index in [1.807, 2.05) is 6.07 Å². The summed E-state index contributed by atoms with van der Waals surface area (Å²) >= 11 is 0. The molecule has 0 radical (unpaired) electrons. The molecule has 5 heteroatoms. The molecule has 1 aromatic rings. The van der Waals surface area contributed by atoms with Crippen LogP contribution in [0.1, 0.15) is 25.3 Å². The Labute approximate surface area is 124 Å². The molecule has 0 bridgehead atoms. The molecule has 0 aromatic heterocycles. The maximum absolute atomic E-state index is 12.4. The molecule has 1 atom stereocenters. The van der Waals surface area contributed by atoms with Crippen LogP contribution in [0.15, 0.2) is 43.0 Å².